The molecule has 86 heavy (non-hydrogen) atoms. The maximum Gasteiger partial charge on any atom is 1.00 e. The van der Waals surface area contributed by atoms with Gasteiger partial charge in [0.05, 0.1) is 49.3 Å². The monoisotopic (exact) mass is 1270 g/mol. The number of fused-ring (bicyclic) bond motifs is 5. The Morgan fingerprint density at radius 3 is 1.83 bits per heavy atom. The maximum absolute atomic E-state index is 13.3. The number of hydrogen-bond acceptors (Lipinski definition) is 28. The molecule has 4 aliphatic carbocycles. The van der Waals surface area contributed by atoms with Gasteiger partial charge in [0, 0.05) is 12.8 Å². The van der Waals surface area contributed by atoms with Crippen molar-refractivity contribution in [1.29, 1.82) is 0 Å². The van der Waals surface area contributed by atoms with Gasteiger partial charge in [-0.05, 0) is 113 Å². The zero-order valence-corrected chi connectivity index (χ0v) is 52.9. The van der Waals surface area contributed by atoms with Gasteiger partial charge in [0.1, 0.15) is 103 Å². The average Bonchev–Trinajstić information content (AvgIpc) is 1.40. The van der Waals surface area contributed by atoms with E-state index in [0.717, 1.165) is 5.57 Å². The molecule has 0 spiro atoms. The van der Waals surface area contributed by atoms with Gasteiger partial charge >= 0.3 is 29.6 Å². The summed E-state index contributed by atoms with van der Waals surface area (Å²) < 4.78 is 105. The third-order valence-corrected chi connectivity index (χ3v) is 20.8. The molecule has 5 aliphatic heterocycles. The molecule has 490 valence electrons. The van der Waals surface area contributed by atoms with E-state index in [4.69, 9.17) is 51.6 Å². The number of ether oxygens (including phenoxy) is 10. The minimum Gasteiger partial charge on any atom is -0.726 e. The second kappa shape index (κ2) is 27.7. The molecule has 8 fully saturated rings. The molecule has 0 amide bonds. The van der Waals surface area contributed by atoms with E-state index >= 15 is 0 Å². The fourth-order valence-electron chi connectivity index (χ4n) is 15.8. The van der Waals surface area contributed by atoms with Gasteiger partial charge in [-0.1, -0.05) is 39.3 Å². The van der Waals surface area contributed by atoms with Crippen molar-refractivity contribution in [3.05, 3.63) is 11.6 Å². The van der Waals surface area contributed by atoms with E-state index in [0.29, 0.717) is 32.1 Å². The molecule has 0 aromatic rings. The summed E-state index contributed by atoms with van der Waals surface area (Å²) in [5, 5.41) is 144. The minimum absolute atomic E-state index is 0. The first-order valence-electron chi connectivity index (χ1n) is 29.9. The number of aliphatic hydroxyl groups excluding tert-OH is 12. The smallest absolute Gasteiger partial charge is 0.726 e. The quantitative estimate of drug-likeness (QED) is 0.0263. The number of carbonyl (C=O) groups excluding carboxylic acids is 1. The molecule has 5 saturated heterocycles. The van der Waals surface area contributed by atoms with Crippen LogP contribution in [0.25, 0.3) is 0 Å². The third kappa shape index (κ3) is 14.2. The second-order valence-electron chi connectivity index (χ2n) is 26.7. The zero-order chi connectivity index (χ0) is 62.3. The Morgan fingerprint density at radius 2 is 1.23 bits per heavy atom. The van der Waals surface area contributed by atoms with Crippen molar-refractivity contribution in [1.82, 2.24) is 0 Å². The summed E-state index contributed by atoms with van der Waals surface area (Å²) in [6.45, 7) is 12.5. The largest absolute Gasteiger partial charge is 1.00 e. The van der Waals surface area contributed by atoms with Crippen molar-refractivity contribution in [3.8, 4) is 0 Å². The molecule has 9 aliphatic rings. The fraction of sp³-hybridized carbons (Fsp3) is 0.946. The molecule has 33 atom stereocenters. The first kappa shape index (κ1) is 71.2. The molecule has 13 N–H and O–H groups in total. The number of ketones is 1. The molecule has 0 bridgehead atoms. The Hall–Kier alpha value is -0.640. The van der Waals surface area contributed by atoms with Gasteiger partial charge in [-0.15, -0.1) is 0 Å². The molecule has 0 unspecified atom stereocenters. The van der Waals surface area contributed by atoms with Crippen LogP contribution in [0.15, 0.2) is 11.6 Å². The summed E-state index contributed by atoms with van der Waals surface area (Å²) in [6.07, 6.45) is -39.2. The van der Waals surface area contributed by atoms with Crippen molar-refractivity contribution in [2.24, 2.45) is 40.4 Å². The summed E-state index contributed by atoms with van der Waals surface area (Å²) in [5.41, 5.74) is -1.60. The van der Waals surface area contributed by atoms with Crippen LogP contribution in [0, 0.1) is 40.4 Å². The summed E-state index contributed by atoms with van der Waals surface area (Å²) in [7, 11) is -5.21. The number of hydrogen-bond donors (Lipinski definition) is 13. The van der Waals surface area contributed by atoms with Gasteiger partial charge in [0.2, 0.25) is 10.4 Å². The van der Waals surface area contributed by atoms with Gasteiger partial charge in [0.15, 0.2) is 31.5 Å². The van der Waals surface area contributed by atoms with Crippen LogP contribution in [0.2, 0.25) is 0 Å². The van der Waals surface area contributed by atoms with E-state index in [-0.39, 0.29) is 84.7 Å². The first-order valence-corrected chi connectivity index (χ1v) is 31.2. The van der Waals surface area contributed by atoms with Crippen LogP contribution in [-0.2, 0) is 66.7 Å². The molecule has 5 heterocycles. The van der Waals surface area contributed by atoms with Crippen molar-refractivity contribution < 1.29 is 165 Å². The third-order valence-electron chi connectivity index (χ3n) is 20.3. The molecule has 0 aromatic heterocycles. The number of allylic oxidation sites excluding steroid dienone is 2. The molecular weight excluding hydrogens is 1180 g/mol. The van der Waals surface area contributed by atoms with Gasteiger partial charge < -0.3 is 118 Å². The maximum atomic E-state index is 13.3. The van der Waals surface area contributed by atoms with Crippen LogP contribution in [0.5, 0.6) is 0 Å². The Bertz CT molecular complexity index is 2430. The standard InChI is InChI=1S/C56H92O28S.Na/c1-21(2)15-25(58)18-56(8,70)34-10-9-28-27-17-32(30-16-26(84-85(71,72)73)11-13-54(30,6)29(27)12-14-55(28,34)7)78-53-48(83-51-44(69)40(65)36(61)23(4)76-51)47(82-49-42(67)37(62)31(59)20-74-49)45(24(5)77-53)80-52-46(41(66)38(63)33(19-57)79-52)81-50-43(68)39(64)35(60)22(3)75-50;/h12,21-24,26-28,30-53,57,59-70H,9-11,13-20H2,1-8H3,(H,71,72,73);/q;+1/p-1/t22-,23-,24-,26+,27+,28+,30-,31-,32+,33-,34+,35-,36-,37+,38+,39+,40+,41+,42-,43-,44-,45-,46-,47+,48-,49+,50+,51+,52+,53+,54-,55+,56+;/m1./s1. The number of aliphatic hydroxyl groups is 13. The first-order chi connectivity index (χ1) is 39.7. The average molecular weight is 1270 g/mol. The van der Waals surface area contributed by atoms with Gasteiger partial charge in [-0.2, -0.15) is 0 Å². The fourth-order valence-corrected chi connectivity index (χ4v) is 16.3. The van der Waals surface area contributed by atoms with E-state index < -0.39 is 206 Å². The van der Waals surface area contributed by atoms with Gasteiger partial charge in [-0.3, -0.25) is 8.98 Å². The van der Waals surface area contributed by atoms with E-state index in [1.54, 1.807) is 6.92 Å². The number of carbonyl (C=O) groups is 1. The Balaban J connectivity index is 0.00000961. The van der Waals surface area contributed by atoms with Crippen LogP contribution in [0.1, 0.15) is 113 Å². The SMILES string of the molecule is CC(C)CC(=O)C[C@](C)(O)[C@H]1CC[C@H]2[C@@H]3C[C@H](O[C@@H]4O[C@H](C)[C@@H](O[C@@H]5O[C@H](CO)[C@H](O)[C@H](O)[C@H]5O[C@@H]5O[C@H](C)[C@@H](O)[C@H](O)[C@H]5O)[C@H](O[C@@H]5OC[C@@H](O)[C@H](O)[C@H]5O)[C@H]4O[C@@H]4O[C@H](C)[C@@H](O)[C@H](O)[C@H]4O)[C@H]4C[C@@H](OS(=O)(=O)[O-])CC[C@]4(C)C3=CC[C@@]21C.[Na+]. The number of rotatable bonds is 18. The summed E-state index contributed by atoms with van der Waals surface area (Å²) in [6, 6.07) is 0. The summed E-state index contributed by atoms with van der Waals surface area (Å²) in [4.78, 5) is 13.3. The van der Waals surface area contributed by atoms with E-state index in [1.165, 1.54) is 20.8 Å². The predicted octanol–water partition coefficient (Wildman–Crippen LogP) is -6.02. The summed E-state index contributed by atoms with van der Waals surface area (Å²) >= 11 is 0. The van der Waals surface area contributed by atoms with Crippen LogP contribution in [0.4, 0.5) is 0 Å². The van der Waals surface area contributed by atoms with Crippen molar-refractivity contribution >= 4 is 16.2 Å². The van der Waals surface area contributed by atoms with Crippen molar-refractivity contribution in [2.45, 2.75) is 278 Å². The van der Waals surface area contributed by atoms with Crippen LogP contribution >= 0.6 is 0 Å². The molecule has 28 nitrogen and oxygen atoms in total. The van der Waals surface area contributed by atoms with Gasteiger partial charge in [-0.25, -0.2) is 8.42 Å². The van der Waals surface area contributed by atoms with E-state index in [2.05, 4.69) is 13.0 Å². The Labute approximate surface area is 522 Å². The second-order valence-corrected chi connectivity index (χ2v) is 27.7. The van der Waals surface area contributed by atoms with Crippen molar-refractivity contribution in [2.75, 3.05) is 13.2 Å². The Morgan fingerprint density at radius 1 is 0.674 bits per heavy atom. The van der Waals surface area contributed by atoms with Crippen LogP contribution in [0.3, 0.4) is 0 Å². The number of Topliss-reactive ketones (excluding diaryl/α,β-unsaturated/α-hetero) is 1. The molecule has 3 saturated carbocycles. The molecular formula is C56H91NaO28S. The van der Waals surface area contributed by atoms with Crippen molar-refractivity contribution in [3.63, 3.8) is 0 Å². The van der Waals surface area contributed by atoms with E-state index in [1.807, 2.05) is 20.8 Å². The molecule has 9 rings (SSSR count). The Kier molecular flexibility index (Phi) is 23.0. The molecule has 0 radical (unpaired) electrons. The normalized spacial score (nSPS) is 50.7. The van der Waals surface area contributed by atoms with Gasteiger partial charge in [0.25, 0.3) is 0 Å². The zero-order valence-electron chi connectivity index (χ0n) is 50.1. The minimum atomic E-state index is -5.21. The van der Waals surface area contributed by atoms with Crippen LogP contribution < -0.4 is 29.6 Å². The van der Waals surface area contributed by atoms with Crippen LogP contribution in [-0.4, -0.2) is 264 Å². The molecule has 0 aromatic carbocycles. The topological polar surface area (TPSA) is 439 Å². The summed E-state index contributed by atoms with van der Waals surface area (Å²) in [5.74, 6) is -1.27. The predicted molar refractivity (Wildman–Crippen MR) is 284 cm³/mol. The van der Waals surface area contributed by atoms with E-state index in [9.17, 15) is 84.1 Å². The molecule has 30 heteroatoms.